The van der Waals surface area contributed by atoms with Gasteiger partial charge in [0.2, 0.25) is 0 Å². The van der Waals surface area contributed by atoms with Crippen molar-refractivity contribution in [1.82, 2.24) is 0 Å². The van der Waals surface area contributed by atoms with Gasteiger partial charge in [-0.15, -0.1) is 0 Å². The normalized spacial score (nSPS) is 16.7. The molecule has 0 saturated heterocycles. The van der Waals surface area contributed by atoms with Crippen molar-refractivity contribution in [3.05, 3.63) is 0 Å². The molecular formula is C3H7F3N+. The van der Waals surface area contributed by atoms with E-state index in [4.69, 9.17) is 0 Å². The fourth-order valence-corrected chi connectivity index (χ4v) is 0. The van der Waals surface area contributed by atoms with Gasteiger partial charge >= 0.3 is 6.18 Å². The predicted molar refractivity (Wildman–Crippen MR) is 18.4 cm³/mol. The van der Waals surface area contributed by atoms with Crippen molar-refractivity contribution in [3.8, 4) is 0 Å². The number of alkyl halides is 3. The molecule has 0 spiro atoms. The average Bonchev–Trinajstić information content (AvgIpc) is 1.31. The first-order valence-corrected chi connectivity index (χ1v) is 1.84. The molecule has 0 saturated carbocycles. The maximum Gasteiger partial charge on any atom is 0.440 e. The summed E-state index contributed by atoms with van der Waals surface area (Å²) < 4.78 is 33.3. The number of halogens is 3. The van der Waals surface area contributed by atoms with Crippen LogP contribution in [0.15, 0.2) is 0 Å². The van der Waals surface area contributed by atoms with Crippen molar-refractivity contribution >= 4 is 0 Å². The van der Waals surface area contributed by atoms with Gasteiger partial charge in [0.25, 0.3) is 0 Å². The van der Waals surface area contributed by atoms with E-state index in [1.165, 1.54) is 0 Å². The van der Waals surface area contributed by atoms with E-state index in [1.54, 1.807) is 0 Å². The van der Waals surface area contributed by atoms with Gasteiger partial charge in [0.05, 0.1) is 0 Å². The van der Waals surface area contributed by atoms with Crippen LogP contribution in [-0.4, -0.2) is 12.2 Å². The second-order valence-corrected chi connectivity index (χ2v) is 1.44. The fourth-order valence-electron chi connectivity index (χ4n) is 0. The molecule has 0 aromatic rings. The SMILES string of the molecule is CC([NH3+])C(F)(F)F. The molecule has 0 aromatic heterocycles. The molecule has 0 radical (unpaired) electrons. The van der Waals surface area contributed by atoms with Crippen molar-refractivity contribution < 1.29 is 18.9 Å². The smallest absolute Gasteiger partial charge is 0.348 e. The lowest BCUT2D eigenvalue weighted by Gasteiger charge is -2.04. The maximum absolute atomic E-state index is 11.1. The summed E-state index contributed by atoms with van der Waals surface area (Å²) in [6.07, 6.45) is -4.11. The lowest BCUT2D eigenvalue weighted by molar-refractivity contribution is -0.474. The molecule has 0 bridgehead atoms. The van der Waals surface area contributed by atoms with E-state index >= 15 is 0 Å². The first-order valence-electron chi connectivity index (χ1n) is 1.84. The highest BCUT2D eigenvalue weighted by Gasteiger charge is 2.36. The van der Waals surface area contributed by atoms with Crippen LogP contribution in [0.25, 0.3) is 0 Å². The third-order valence-corrected chi connectivity index (χ3v) is 0.559. The third-order valence-electron chi connectivity index (χ3n) is 0.559. The number of hydrogen-bond donors (Lipinski definition) is 1. The summed E-state index contributed by atoms with van der Waals surface area (Å²) in [5.41, 5.74) is 2.78. The van der Waals surface area contributed by atoms with Crippen molar-refractivity contribution in [1.29, 1.82) is 0 Å². The van der Waals surface area contributed by atoms with E-state index in [2.05, 4.69) is 5.73 Å². The molecule has 0 rings (SSSR count). The van der Waals surface area contributed by atoms with Crippen molar-refractivity contribution in [3.63, 3.8) is 0 Å². The van der Waals surface area contributed by atoms with Gasteiger partial charge in [0, 0.05) is 0 Å². The van der Waals surface area contributed by atoms with Crippen molar-refractivity contribution in [2.75, 3.05) is 0 Å². The maximum atomic E-state index is 11.1. The summed E-state index contributed by atoms with van der Waals surface area (Å²) in [5, 5.41) is 0. The van der Waals surface area contributed by atoms with E-state index in [1.807, 2.05) is 0 Å². The standard InChI is InChI=1S/C3H6F3N/c1-2(7)3(4,5)6/h2H,7H2,1H3/p+1. The van der Waals surface area contributed by atoms with E-state index < -0.39 is 12.2 Å². The third kappa shape index (κ3) is 2.45. The van der Waals surface area contributed by atoms with E-state index in [-0.39, 0.29) is 0 Å². The first kappa shape index (κ1) is 6.75. The summed E-state index contributed by atoms with van der Waals surface area (Å²) in [7, 11) is 0. The van der Waals surface area contributed by atoms with Crippen LogP contribution in [-0.2, 0) is 0 Å². The molecule has 0 heterocycles. The van der Waals surface area contributed by atoms with E-state index in [0.717, 1.165) is 6.92 Å². The van der Waals surface area contributed by atoms with Crippen molar-refractivity contribution in [2.45, 2.75) is 19.1 Å². The Morgan fingerprint density at radius 2 is 1.57 bits per heavy atom. The first-order chi connectivity index (χ1) is 2.94. The lowest BCUT2D eigenvalue weighted by atomic mass is 10.4. The molecule has 0 fully saturated rings. The summed E-state index contributed by atoms with van der Waals surface area (Å²) in [6, 6.07) is -1.45. The molecule has 4 heteroatoms. The summed E-state index contributed by atoms with van der Waals surface area (Å²) in [4.78, 5) is 0. The van der Waals surface area contributed by atoms with Gasteiger partial charge in [-0.2, -0.15) is 13.2 Å². The Kier molecular flexibility index (Phi) is 1.63. The summed E-state index contributed by atoms with van der Waals surface area (Å²) in [5.74, 6) is 0. The van der Waals surface area contributed by atoms with Crippen LogP contribution in [0.4, 0.5) is 13.2 Å². The van der Waals surface area contributed by atoms with Gasteiger partial charge < -0.3 is 5.73 Å². The van der Waals surface area contributed by atoms with Gasteiger partial charge in [0.15, 0.2) is 6.04 Å². The van der Waals surface area contributed by atoms with Crippen LogP contribution in [0.1, 0.15) is 6.92 Å². The molecule has 1 nitrogen and oxygen atoms in total. The molecule has 1 atom stereocenters. The number of hydrogen-bond acceptors (Lipinski definition) is 0. The van der Waals surface area contributed by atoms with Gasteiger partial charge in [-0.3, -0.25) is 0 Å². The van der Waals surface area contributed by atoms with Crippen LogP contribution in [0.5, 0.6) is 0 Å². The van der Waals surface area contributed by atoms with Crippen LogP contribution >= 0.6 is 0 Å². The quantitative estimate of drug-likeness (QED) is 0.465. The zero-order valence-electron chi connectivity index (χ0n) is 3.92. The molecule has 0 aliphatic heterocycles. The minimum absolute atomic E-state index is 1.01. The highest BCUT2D eigenvalue weighted by atomic mass is 19.4. The Hall–Kier alpha value is -0.250. The highest BCUT2D eigenvalue weighted by molar-refractivity contribution is 4.53. The number of rotatable bonds is 0. The highest BCUT2D eigenvalue weighted by Crippen LogP contribution is 2.15. The van der Waals surface area contributed by atoms with Crippen molar-refractivity contribution in [2.24, 2.45) is 0 Å². The second kappa shape index (κ2) is 1.69. The molecule has 44 valence electrons. The van der Waals surface area contributed by atoms with E-state index in [9.17, 15) is 13.2 Å². The molecule has 7 heavy (non-hydrogen) atoms. The van der Waals surface area contributed by atoms with Crippen LogP contribution < -0.4 is 5.73 Å². The van der Waals surface area contributed by atoms with Gasteiger partial charge in [-0.1, -0.05) is 0 Å². The largest absolute Gasteiger partial charge is 0.440 e. The van der Waals surface area contributed by atoms with Gasteiger partial charge in [0.1, 0.15) is 0 Å². The van der Waals surface area contributed by atoms with Crippen LogP contribution in [0, 0.1) is 0 Å². The van der Waals surface area contributed by atoms with Gasteiger partial charge in [-0.25, -0.2) is 0 Å². The summed E-state index contributed by atoms with van der Waals surface area (Å²) in [6.45, 7) is 1.01. The minimum atomic E-state index is -4.11. The van der Waals surface area contributed by atoms with E-state index in [0.29, 0.717) is 0 Å². The molecular weight excluding hydrogens is 107 g/mol. The monoisotopic (exact) mass is 114 g/mol. The van der Waals surface area contributed by atoms with Crippen LogP contribution in [0.2, 0.25) is 0 Å². The average molecular weight is 114 g/mol. The number of quaternary nitrogens is 1. The second-order valence-electron chi connectivity index (χ2n) is 1.44. The Morgan fingerprint density at radius 1 is 1.43 bits per heavy atom. The molecule has 0 amide bonds. The molecule has 3 N–H and O–H groups in total. The minimum Gasteiger partial charge on any atom is -0.348 e. The zero-order valence-corrected chi connectivity index (χ0v) is 3.92. The zero-order chi connectivity index (χ0) is 6.08. The Morgan fingerprint density at radius 3 is 1.57 bits per heavy atom. The predicted octanol–water partition coefficient (Wildman–Crippen LogP) is 0.179. The van der Waals surface area contributed by atoms with Gasteiger partial charge in [-0.05, 0) is 6.92 Å². The molecule has 0 aliphatic carbocycles. The fraction of sp³-hybridized carbons (Fsp3) is 1.00. The molecule has 1 unspecified atom stereocenters. The Bertz CT molecular complexity index is 55.7. The van der Waals surface area contributed by atoms with Crippen LogP contribution in [0.3, 0.4) is 0 Å². The Balaban J connectivity index is 3.54. The molecule has 0 aromatic carbocycles. The molecule has 0 aliphatic rings. The Labute approximate surface area is 39.3 Å². The topological polar surface area (TPSA) is 27.6 Å². The lowest BCUT2D eigenvalue weighted by Crippen LogP contribution is -2.66. The summed E-state index contributed by atoms with van der Waals surface area (Å²) >= 11 is 0.